The van der Waals surface area contributed by atoms with Crippen molar-refractivity contribution in [3.05, 3.63) is 59.7 Å². The van der Waals surface area contributed by atoms with Gasteiger partial charge in [0.15, 0.2) is 6.61 Å². The molecular formula is C18H21NO2. The van der Waals surface area contributed by atoms with Crippen molar-refractivity contribution < 1.29 is 9.53 Å². The lowest BCUT2D eigenvalue weighted by Gasteiger charge is -2.16. The van der Waals surface area contributed by atoms with Crippen molar-refractivity contribution in [2.45, 2.75) is 26.7 Å². The van der Waals surface area contributed by atoms with Crippen LogP contribution < -0.4 is 10.1 Å². The highest BCUT2D eigenvalue weighted by Crippen LogP contribution is 2.27. The van der Waals surface area contributed by atoms with Gasteiger partial charge in [-0.15, -0.1) is 0 Å². The fourth-order valence-corrected chi connectivity index (χ4v) is 2.18. The molecule has 0 fully saturated rings. The third kappa shape index (κ3) is 4.09. The van der Waals surface area contributed by atoms with Crippen molar-refractivity contribution in [2.75, 3.05) is 11.9 Å². The Labute approximate surface area is 126 Å². The van der Waals surface area contributed by atoms with Crippen LogP contribution >= 0.6 is 0 Å². The molecule has 110 valence electrons. The minimum absolute atomic E-state index is 0.00980. The molecule has 0 aromatic heterocycles. The summed E-state index contributed by atoms with van der Waals surface area (Å²) < 4.78 is 5.47. The molecule has 0 aliphatic rings. The quantitative estimate of drug-likeness (QED) is 0.895. The number of para-hydroxylation sites is 2. The number of carbonyl (C=O) groups excluding carboxylic acids is 1. The number of hydrogen-bond acceptors (Lipinski definition) is 2. The van der Waals surface area contributed by atoms with Gasteiger partial charge in [-0.1, -0.05) is 50.2 Å². The van der Waals surface area contributed by atoms with Gasteiger partial charge in [0.2, 0.25) is 0 Å². The number of rotatable bonds is 5. The summed E-state index contributed by atoms with van der Waals surface area (Å²) in [5, 5.41) is 2.97. The highest BCUT2D eigenvalue weighted by Gasteiger charge is 2.12. The van der Waals surface area contributed by atoms with Gasteiger partial charge in [-0.25, -0.2) is 0 Å². The number of benzene rings is 2. The molecule has 0 bridgehead atoms. The third-order valence-electron chi connectivity index (χ3n) is 3.30. The number of anilines is 1. The summed E-state index contributed by atoms with van der Waals surface area (Å²) in [6, 6.07) is 15.4. The third-order valence-corrected chi connectivity index (χ3v) is 3.30. The lowest BCUT2D eigenvalue weighted by atomic mass is 9.98. The van der Waals surface area contributed by atoms with Gasteiger partial charge >= 0.3 is 0 Å². The molecule has 2 aromatic rings. The van der Waals surface area contributed by atoms with Gasteiger partial charge < -0.3 is 10.1 Å². The first-order valence-electron chi connectivity index (χ1n) is 7.15. The molecule has 0 heterocycles. The van der Waals surface area contributed by atoms with Crippen LogP contribution in [0.5, 0.6) is 5.75 Å². The molecule has 0 saturated heterocycles. The summed E-state index contributed by atoms with van der Waals surface area (Å²) in [6.07, 6.45) is 0. The molecule has 1 amide bonds. The second kappa shape index (κ2) is 6.93. The summed E-state index contributed by atoms with van der Waals surface area (Å²) in [5.74, 6) is 0.909. The summed E-state index contributed by atoms with van der Waals surface area (Å²) in [7, 11) is 0. The maximum Gasteiger partial charge on any atom is 0.262 e. The fourth-order valence-electron chi connectivity index (χ4n) is 2.18. The highest BCUT2D eigenvalue weighted by atomic mass is 16.5. The van der Waals surface area contributed by atoms with Crippen molar-refractivity contribution in [1.29, 1.82) is 0 Å². The van der Waals surface area contributed by atoms with E-state index in [9.17, 15) is 4.79 Å². The van der Waals surface area contributed by atoms with Crippen LogP contribution in [0.1, 0.15) is 30.9 Å². The molecular weight excluding hydrogens is 262 g/mol. The lowest BCUT2D eigenvalue weighted by Crippen LogP contribution is -2.21. The summed E-state index contributed by atoms with van der Waals surface area (Å²) >= 11 is 0. The maximum absolute atomic E-state index is 12.1. The number of hydrogen-bond donors (Lipinski definition) is 1. The predicted octanol–water partition coefficient (Wildman–Crippen LogP) is 4.14. The van der Waals surface area contributed by atoms with E-state index in [2.05, 4.69) is 19.2 Å². The van der Waals surface area contributed by atoms with Gasteiger partial charge in [0.1, 0.15) is 5.75 Å². The Hall–Kier alpha value is -2.29. The second-order valence-electron chi connectivity index (χ2n) is 5.34. The van der Waals surface area contributed by atoms with E-state index in [0.717, 1.165) is 16.8 Å². The number of ether oxygens (including phenoxy) is 1. The van der Waals surface area contributed by atoms with Crippen LogP contribution in [-0.4, -0.2) is 12.5 Å². The average molecular weight is 283 g/mol. The first-order valence-corrected chi connectivity index (χ1v) is 7.15. The molecule has 0 atom stereocenters. The molecule has 0 aliphatic heterocycles. The first kappa shape index (κ1) is 15.1. The van der Waals surface area contributed by atoms with E-state index in [1.807, 2.05) is 55.5 Å². The molecule has 0 radical (unpaired) electrons. The molecule has 0 spiro atoms. The highest BCUT2D eigenvalue weighted by molar-refractivity contribution is 5.93. The Morgan fingerprint density at radius 1 is 1.10 bits per heavy atom. The number of carbonyl (C=O) groups is 1. The number of aryl methyl sites for hydroxylation is 1. The fraction of sp³-hybridized carbons (Fsp3) is 0.278. The van der Waals surface area contributed by atoms with Gasteiger partial charge in [-0.2, -0.15) is 0 Å². The molecule has 3 nitrogen and oxygen atoms in total. The van der Waals surface area contributed by atoms with Gasteiger partial charge in [-0.3, -0.25) is 4.79 Å². The summed E-state index contributed by atoms with van der Waals surface area (Å²) in [6.45, 7) is 6.24. The van der Waals surface area contributed by atoms with Crippen LogP contribution in [0.15, 0.2) is 48.5 Å². The van der Waals surface area contributed by atoms with E-state index >= 15 is 0 Å². The van der Waals surface area contributed by atoms with Crippen LogP contribution in [0, 0.1) is 6.92 Å². The van der Waals surface area contributed by atoms with E-state index in [-0.39, 0.29) is 12.5 Å². The number of nitrogens with one attached hydrogen (secondary N) is 1. The van der Waals surface area contributed by atoms with Crippen molar-refractivity contribution in [3.8, 4) is 5.75 Å². The minimum atomic E-state index is -0.143. The first-order chi connectivity index (χ1) is 10.1. The zero-order valence-electron chi connectivity index (χ0n) is 12.7. The SMILES string of the molecule is Cc1cccc(C(C)C)c1NC(=O)COc1ccccc1. The summed E-state index contributed by atoms with van der Waals surface area (Å²) in [5.41, 5.74) is 3.10. The van der Waals surface area contributed by atoms with Crippen LogP contribution in [0.2, 0.25) is 0 Å². The van der Waals surface area contributed by atoms with E-state index in [1.165, 1.54) is 0 Å². The normalized spacial score (nSPS) is 10.5. The van der Waals surface area contributed by atoms with Crippen LogP contribution in [-0.2, 0) is 4.79 Å². The molecule has 2 rings (SSSR count). The smallest absolute Gasteiger partial charge is 0.262 e. The predicted molar refractivity (Wildman–Crippen MR) is 85.8 cm³/mol. The molecule has 1 N–H and O–H groups in total. The molecule has 2 aromatic carbocycles. The molecule has 21 heavy (non-hydrogen) atoms. The molecule has 0 saturated carbocycles. The summed E-state index contributed by atoms with van der Waals surface area (Å²) in [4.78, 5) is 12.1. The largest absolute Gasteiger partial charge is 0.484 e. The topological polar surface area (TPSA) is 38.3 Å². The van der Waals surface area contributed by atoms with Gasteiger partial charge in [0, 0.05) is 5.69 Å². The van der Waals surface area contributed by atoms with E-state index < -0.39 is 0 Å². The van der Waals surface area contributed by atoms with Gasteiger partial charge in [-0.05, 0) is 36.1 Å². The van der Waals surface area contributed by atoms with Crippen molar-refractivity contribution >= 4 is 11.6 Å². The Balaban J connectivity index is 2.03. The van der Waals surface area contributed by atoms with E-state index in [4.69, 9.17) is 4.74 Å². The molecule has 0 unspecified atom stereocenters. The Morgan fingerprint density at radius 2 is 1.81 bits per heavy atom. The number of amides is 1. The Morgan fingerprint density at radius 3 is 2.48 bits per heavy atom. The standard InChI is InChI=1S/C18H21NO2/c1-13(2)16-11-7-8-14(3)18(16)19-17(20)12-21-15-9-5-4-6-10-15/h4-11,13H,12H2,1-3H3,(H,19,20). The maximum atomic E-state index is 12.1. The lowest BCUT2D eigenvalue weighted by molar-refractivity contribution is -0.118. The molecule has 0 aliphatic carbocycles. The molecule has 3 heteroatoms. The second-order valence-corrected chi connectivity index (χ2v) is 5.34. The van der Waals surface area contributed by atoms with E-state index in [1.54, 1.807) is 0 Å². The zero-order chi connectivity index (χ0) is 15.2. The minimum Gasteiger partial charge on any atom is -0.484 e. The van der Waals surface area contributed by atoms with Crippen LogP contribution in [0.4, 0.5) is 5.69 Å². The van der Waals surface area contributed by atoms with Crippen LogP contribution in [0.25, 0.3) is 0 Å². The monoisotopic (exact) mass is 283 g/mol. The van der Waals surface area contributed by atoms with E-state index in [0.29, 0.717) is 11.7 Å². The van der Waals surface area contributed by atoms with Crippen LogP contribution in [0.3, 0.4) is 0 Å². The van der Waals surface area contributed by atoms with Crippen molar-refractivity contribution in [1.82, 2.24) is 0 Å². The Bertz CT molecular complexity index is 606. The van der Waals surface area contributed by atoms with Gasteiger partial charge in [0.05, 0.1) is 0 Å². The van der Waals surface area contributed by atoms with Crippen molar-refractivity contribution in [3.63, 3.8) is 0 Å². The Kier molecular flexibility index (Phi) is 4.99. The zero-order valence-corrected chi connectivity index (χ0v) is 12.7. The van der Waals surface area contributed by atoms with Crippen molar-refractivity contribution in [2.24, 2.45) is 0 Å². The van der Waals surface area contributed by atoms with Gasteiger partial charge in [0.25, 0.3) is 5.91 Å². The average Bonchev–Trinajstić information content (AvgIpc) is 2.48.